The molecule has 154 valence electrons. The minimum Gasteiger partial charge on any atom is -0.365 e. The van der Waals surface area contributed by atoms with Crippen molar-refractivity contribution in [2.75, 3.05) is 24.5 Å². The van der Waals surface area contributed by atoms with Crippen LogP contribution in [0.1, 0.15) is 5.56 Å². The van der Waals surface area contributed by atoms with Crippen LogP contribution in [0.2, 0.25) is 0 Å². The predicted molar refractivity (Wildman–Crippen MR) is 116 cm³/mol. The second kappa shape index (κ2) is 9.20. The van der Waals surface area contributed by atoms with Gasteiger partial charge in [0.15, 0.2) is 0 Å². The van der Waals surface area contributed by atoms with Gasteiger partial charge < -0.3 is 4.90 Å². The number of carbonyl (C=O) groups is 1. The molecule has 0 spiro atoms. The van der Waals surface area contributed by atoms with E-state index >= 15 is 0 Å². The third-order valence-electron chi connectivity index (χ3n) is 4.47. The minimum atomic E-state index is -3.77. The van der Waals surface area contributed by atoms with Gasteiger partial charge in [0.05, 0.1) is 14.6 Å². The summed E-state index contributed by atoms with van der Waals surface area (Å²) in [6.07, 6.45) is 2.50. The number of hydrogen-bond donors (Lipinski definition) is 2. The monoisotopic (exact) mass is 531 g/mol. The molecule has 2 aromatic carbocycles. The Hall–Kier alpha value is -2.02. The maximum atomic E-state index is 14.1. The summed E-state index contributed by atoms with van der Waals surface area (Å²) >= 11 is 2.05. The summed E-state index contributed by atoms with van der Waals surface area (Å²) < 4.78 is 41.4. The van der Waals surface area contributed by atoms with E-state index < -0.39 is 15.9 Å². The van der Waals surface area contributed by atoms with Crippen LogP contribution < -0.4 is 10.4 Å². The lowest BCUT2D eigenvalue weighted by Crippen LogP contribution is -2.52. The van der Waals surface area contributed by atoms with Crippen molar-refractivity contribution in [1.29, 1.82) is 0 Å². The van der Waals surface area contributed by atoms with Crippen LogP contribution in [0.3, 0.4) is 0 Å². The van der Waals surface area contributed by atoms with Crippen molar-refractivity contribution < 1.29 is 22.8 Å². The fourth-order valence-electron chi connectivity index (χ4n) is 3.04. The lowest BCUT2D eigenvalue weighted by atomic mass is 10.2. The largest absolute Gasteiger partial charge is 0.365 e. The van der Waals surface area contributed by atoms with Gasteiger partial charge in [-0.15, -0.1) is 0 Å². The Morgan fingerprint density at radius 2 is 1.97 bits per heavy atom. The number of halogens is 2. The zero-order valence-corrected chi connectivity index (χ0v) is 18.2. The highest BCUT2D eigenvalue weighted by Crippen LogP contribution is 2.29. The molecular weight excluding hydrogens is 512 g/mol. The summed E-state index contributed by atoms with van der Waals surface area (Å²) in [4.78, 5) is 13.1. The molecule has 1 fully saturated rings. The van der Waals surface area contributed by atoms with Crippen LogP contribution in [0.4, 0.5) is 10.1 Å². The molecule has 0 aromatic heterocycles. The first-order valence-electron chi connectivity index (χ1n) is 8.70. The van der Waals surface area contributed by atoms with Gasteiger partial charge in [0.2, 0.25) is 10.0 Å². The minimum absolute atomic E-state index is 0.102. The average Bonchev–Trinajstić information content (AvgIpc) is 2.72. The number of anilines is 1. The van der Waals surface area contributed by atoms with Crippen LogP contribution in [0.15, 0.2) is 59.5 Å². The highest BCUT2D eigenvalue weighted by Gasteiger charge is 2.35. The zero-order chi connectivity index (χ0) is 21.0. The molecule has 7 nitrogen and oxygen atoms in total. The summed E-state index contributed by atoms with van der Waals surface area (Å²) in [5.41, 5.74) is 2.44. The third-order valence-corrected chi connectivity index (χ3v) is 7.82. The molecule has 0 bridgehead atoms. The Bertz CT molecular complexity index is 1030. The Balaban J connectivity index is 1.79. The van der Waals surface area contributed by atoms with E-state index in [1.165, 1.54) is 34.1 Å². The molecule has 2 N–H and O–H groups in total. The number of hydrogen-bond acceptors (Lipinski definition) is 5. The number of para-hydroxylation sites is 1. The maximum absolute atomic E-state index is 14.1. The molecule has 3 rings (SSSR count). The highest BCUT2D eigenvalue weighted by atomic mass is 127. The van der Waals surface area contributed by atoms with Gasteiger partial charge >= 0.3 is 0 Å². The fourth-order valence-corrected chi connectivity index (χ4v) is 6.19. The molecule has 1 aliphatic rings. The van der Waals surface area contributed by atoms with Gasteiger partial charge in [0.1, 0.15) is 5.82 Å². The molecule has 1 aliphatic heterocycles. The van der Waals surface area contributed by atoms with Crippen molar-refractivity contribution in [2.24, 2.45) is 0 Å². The fraction of sp³-hybridized carbons (Fsp3) is 0.211. The van der Waals surface area contributed by atoms with Gasteiger partial charge in [0, 0.05) is 25.7 Å². The highest BCUT2D eigenvalue weighted by molar-refractivity contribution is 14.1. The van der Waals surface area contributed by atoms with Crippen LogP contribution in [0.5, 0.6) is 0 Å². The van der Waals surface area contributed by atoms with Gasteiger partial charge in [-0.1, -0.05) is 46.9 Å². The van der Waals surface area contributed by atoms with Gasteiger partial charge in [-0.25, -0.2) is 18.3 Å². The van der Waals surface area contributed by atoms with E-state index in [-0.39, 0.29) is 21.3 Å². The molecule has 0 aliphatic carbocycles. The number of piperazine rings is 1. The Labute approximate surface area is 182 Å². The number of hydroxylamine groups is 1. The zero-order valence-electron chi connectivity index (χ0n) is 15.2. The Morgan fingerprint density at radius 1 is 1.21 bits per heavy atom. The van der Waals surface area contributed by atoms with Crippen molar-refractivity contribution in [2.45, 2.75) is 8.94 Å². The molecular formula is C19H19FIN3O4S. The molecule has 1 unspecified atom stereocenters. The van der Waals surface area contributed by atoms with E-state index in [4.69, 9.17) is 5.21 Å². The number of nitrogens with one attached hydrogen (secondary N) is 1. The van der Waals surface area contributed by atoms with Crippen molar-refractivity contribution in [3.05, 3.63) is 66.0 Å². The number of amides is 1. The normalized spacial score (nSPS) is 18.2. The Morgan fingerprint density at radius 3 is 2.66 bits per heavy atom. The standard InChI is InChI=1S/C19H19FIN3O4S/c20-16-6-1-2-7-17(16)23-10-11-24(18(21)13-23)29(27,28)15-5-3-4-14(12-15)8-9-19(25)22-26/h1-9,12,18,26H,10-11,13H2,(H,22,25). The van der Waals surface area contributed by atoms with Crippen molar-refractivity contribution in [3.63, 3.8) is 0 Å². The van der Waals surface area contributed by atoms with E-state index in [0.717, 1.165) is 6.08 Å². The molecule has 29 heavy (non-hydrogen) atoms. The van der Waals surface area contributed by atoms with Crippen LogP contribution in [-0.4, -0.2) is 47.5 Å². The lowest BCUT2D eigenvalue weighted by Gasteiger charge is -2.39. The molecule has 1 heterocycles. The van der Waals surface area contributed by atoms with Crippen molar-refractivity contribution in [1.82, 2.24) is 9.79 Å². The number of carbonyl (C=O) groups excluding carboxylic acids is 1. The second-order valence-electron chi connectivity index (χ2n) is 6.33. The first-order chi connectivity index (χ1) is 13.8. The van der Waals surface area contributed by atoms with Crippen molar-refractivity contribution >= 4 is 50.3 Å². The number of rotatable bonds is 5. The maximum Gasteiger partial charge on any atom is 0.267 e. The van der Waals surface area contributed by atoms with Crippen LogP contribution >= 0.6 is 22.6 Å². The van der Waals surface area contributed by atoms with E-state index in [9.17, 15) is 17.6 Å². The molecule has 10 heteroatoms. The topological polar surface area (TPSA) is 90.0 Å². The SMILES string of the molecule is O=C(C=Cc1cccc(S(=O)(=O)N2CCN(c3ccccc3F)CC2I)c1)NO. The van der Waals surface area contributed by atoms with Gasteiger partial charge in [0.25, 0.3) is 5.91 Å². The van der Waals surface area contributed by atoms with Gasteiger partial charge in [-0.05, 0) is 35.9 Å². The van der Waals surface area contributed by atoms with Crippen LogP contribution in [0.25, 0.3) is 6.08 Å². The molecule has 0 radical (unpaired) electrons. The summed E-state index contributed by atoms with van der Waals surface area (Å²) in [5.74, 6) is -1.05. The van der Waals surface area contributed by atoms with Crippen LogP contribution in [-0.2, 0) is 14.8 Å². The summed E-state index contributed by atoms with van der Waals surface area (Å²) in [7, 11) is -3.77. The molecule has 2 aromatic rings. The Kier molecular flexibility index (Phi) is 6.88. The lowest BCUT2D eigenvalue weighted by molar-refractivity contribution is -0.124. The summed E-state index contributed by atoms with van der Waals surface area (Å²) in [6.45, 7) is 0.949. The molecule has 0 saturated carbocycles. The third kappa shape index (κ3) is 4.94. The van der Waals surface area contributed by atoms with Crippen molar-refractivity contribution in [3.8, 4) is 0 Å². The molecule has 1 saturated heterocycles. The van der Waals surface area contributed by atoms with E-state index in [1.807, 2.05) is 4.90 Å². The number of benzene rings is 2. The number of sulfonamides is 1. The quantitative estimate of drug-likeness (QED) is 0.155. The average molecular weight is 531 g/mol. The predicted octanol–water partition coefficient (Wildman–Crippen LogP) is 2.62. The summed E-state index contributed by atoms with van der Waals surface area (Å²) in [6, 6.07) is 12.6. The second-order valence-corrected chi connectivity index (χ2v) is 9.66. The molecule has 1 atom stereocenters. The number of nitrogens with zero attached hydrogens (tertiary/aromatic N) is 2. The first kappa shape index (κ1) is 21.7. The van der Waals surface area contributed by atoms with Gasteiger partial charge in [-0.3, -0.25) is 10.0 Å². The van der Waals surface area contributed by atoms with E-state index in [1.54, 1.807) is 30.3 Å². The number of alkyl halides is 1. The molecule has 1 amide bonds. The van der Waals surface area contributed by atoms with Gasteiger partial charge in [-0.2, -0.15) is 4.31 Å². The van der Waals surface area contributed by atoms with Crippen LogP contribution in [0, 0.1) is 5.82 Å². The summed E-state index contributed by atoms with van der Waals surface area (Å²) in [5, 5.41) is 8.54. The van der Waals surface area contributed by atoms with E-state index in [2.05, 4.69) is 22.6 Å². The first-order valence-corrected chi connectivity index (χ1v) is 11.4. The van der Waals surface area contributed by atoms with E-state index in [0.29, 0.717) is 24.3 Å². The smallest absolute Gasteiger partial charge is 0.267 e.